The lowest BCUT2D eigenvalue weighted by Crippen LogP contribution is -1.87. The summed E-state index contributed by atoms with van der Waals surface area (Å²) in [6, 6.07) is 24.6. The van der Waals surface area contributed by atoms with Crippen LogP contribution < -0.4 is 0 Å². The number of halogens is 4. The molecular weight excluding hydrogens is 520 g/mol. The maximum atomic E-state index is 13.3. The fourth-order valence-corrected chi connectivity index (χ4v) is 3.95. The van der Waals surface area contributed by atoms with Gasteiger partial charge in [-0.05, 0) is 77.2 Å². The minimum atomic E-state index is -0.903. The van der Waals surface area contributed by atoms with Gasteiger partial charge in [0.15, 0.2) is 11.6 Å². The Morgan fingerprint density at radius 1 is 0.500 bits per heavy atom. The molecule has 0 aliphatic heterocycles. The van der Waals surface area contributed by atoms with Gasteiger partial charge in [-0.25, -0.2) is 17.6 Å². The lowest BCUT2D eigenvalue weighted by molar-refractivity contribution is 0.435. The molecule has 206 valence electrons. The predicted octanol–water partition coefficient (Wildman–Crippen LogP) is 9.53. The van der Waals surface area contributed by atoms with Gasteiger partial charge >= 0.3 is 0 Å². The number of hydrogen-bond donors (Lipinski definition) is 3. The molecule has 0 aliphatic rings. The van der Waals surface area contributed by atoms with E-state index in [1.54, 1.807) is 61.5 Å². The van der Waals surface area contributed by atoms with Gasteiger partial charge in [0, 0.05) is 10.8 Å². The SMILES string of the molecule is CC.Cc1cc(F)c2c(F)c(O)ccc2c1.Oc1ccc2cccc(F)c2c1.Oc1ccc2cccc(F)c2c1. The summed E-state index contributed by atoms with van der Waals surface area (Å²) in [6.45, 7) is 5.73. The quantitative estimate of drug-likeness (QED) is 0.166. The van der Waals surface area contributed by atoms with Gasteiger partial charge in [-0.2, -0.15) is 0 Å². The van der Waals surface area contributed by atoms with Crippen molar-refractivity contribution in [1.29, 1.82) is 0 Å². The average molecular weight is 549 g/mol. The summed E-state index contributed by atoms with van der Waals surface area (Å²) in [6.07, 6.45) is 0. The predicted molar refractivity (Wildman–Crippen MR) is 153 cm³/mol. The maximum absolute atomic E-state index is 13.3. The third kappa shape index (κ3) is 6.99. The Hall–Kier alpha value is -4.78. The molecule has 0 bridgehead atoms. The summed E-state index contributed by atoms with van der Waals surface area (Å²) >= 11 is 0. The number of phenols is 3. The van der Waals surface area contributed by atoms with Crippen molar-refractivity contribution >= 4 is 32.3 Å². The standard InChI is InChI=1S/C11H8F2O.2C10H7FO.C2H6/c1-6-4-7-2-3-9(14)11(13)10(7)8(12)5-6;2*11-10-3-1-2-7-4-5-8(12)6-9(7)10;1-2/h2-5,14H,1H3;2*1-6,12H;1-2H3. The largest absolute Gasteiger partial charge is 0.508 e. The molecule has 3 N–H and O–H groups in total. The molecule has 0 spiro atoms. The fraction of sp³-hybridized carbons (Fsp3) is 0.0909. The van der Waals surface area contributed by atoms with Crippen LogP contribution in [-0.4, -0.2) is 15.3 Å². The fourth-order valence-electron chi connectivity index (χ4n) is 3.95. The van der Waals surface area contributed by atoms with E-state index >= 15 is 0 Å². The number of hydrogen-bond acceptors (Lipinski definition) is 3. The van der Waals surface area contributed by atoms with E-state index in [4.69, 9.17) is 15.3 Å². The molecule has 3 nitrogen and oxygen atoms in total. The topological polar surface area (TPSA) is 60.7 Å². The lowest BCUT2D eigenvalue weighted by Gasteiger charge is -2.04. The Morgan fingerprint density at radius 3 is 1.48 bits per heavy atom. The minimum Gasteiger partial charge on any atom is -0.508 e. The van der Waals surface area contributed by atoms with Crippen LogP contribution in [0, 0.1) is 30.2 Å². The smallest absolute Gasteiger partial charge is 0.175 e. The Balaban J connectivity index is 0.000000161. The molecule has 0 amide bonds. The van der Waals surface area contributed by atoms with Crippen molar-refractivity contribution < 1.29 is 32.9 Å². The average Bonchev–Trinajstić information content (AvgIpc) is 2.93. The van der Waals surface area contributed by atoms with Crippen molar-refractivity contribution in [2.45, 2.75) is 20.8 Å². The number of fused-ring (bicyclic) bond motifs is 3. The Bertz CT molecular complexity index is 1680. The van der Waals surface area contributed by atoms with E-state index in [-0.39, 0.29) is 28.5 Å². The molecule has 6 rings (SSSR count). The molecule has 0 fully saturated rings. The van der Waals surface area contributed by atoms with Gasteiger partial charge in [-0.15, -0.1) is 0 Å². The summed E-state index contributed by atoms with van der Waals surface area (Å²) < 4.78 is 52.7. The van der Waals surface area contributed by atoms with Crippen LogP contribution in [0.4, 0.5) is 17.6 Å². The van der Waals surface area contributed by atoms with Gasteiger partial charge in [-0.1, -0.05) is 62.4 Å². The van der Waals surface area contributed by atoms with E-state index in [9.17, 15) is 17.6 Å². The molecule has 0 aliphatic carbocycles. The highest BCUT2D eigenvalue weighted by molar-refractivity contribution is 5.86. The summed E-state index contributed by atoms with van der Waals surface area (Å²) in [7, 11) is 0. The van der Waals surface area contributed by atoms with E-state index in [1.807, 2.05) is 13.8 Å². The monoisotopic (exact) mass is 548 g/mol. The molecule has 0 aromatic heterocycles. The van der Waals surface area contributed by atoms with Crippen LogP contribution >= 0.6 is 0 Å². The molecule has 40 heavy (non-hydrogen) atoms. The van der Waals surface area contributed by atoms with Crippen LogP contribution in [0.1, 0.15) is 19.4 Å². The second-order valence-corrected chi connectivity index (χ2v) is 8.53. The third-order valence-electron chi connectivity index (χ3n) is 5.76. The van der Waals surface area contributed by atoms with Crippen LogP contribution in [0.2, 0.25) is 0 Å². The lowest BCUT2D eigenvalue weighted by atomic mass is 10.1. The second-order valence-electron chi connectivity index (χ2n) is 8.53. The van der Waals surface area contributed by atoms with E-state index in [0.29, 0.717) is 16.2 Å². The molecule has 0 saturated heterocycles. The normalized spacial score (nSPS) is 10.2. The first-order valence-electron chi connectivity index (χ1n) is 12.5. The van der Waals surface area contributed by atoms with Gasteiger partial charge in [0.05, 0.1) is 5.39 Å². The summed E-state index contributed by atoms with van der Waals surface area (Å²) in [5.74, 6) is -2.50. The molecule has 0 unspecified atom stereocenters. The van der Waals surface area contributed by atoms with Crippen molar-refractivity contribution in [2.24, 2.45) is 0 Å². The zero-order valence-electron chi connectivity index (χ0n) is 22.1. The van der Waals surface area contributed by atoms with Crippen molar-refractivity contribution in [1.82, 2.24) is 0 Å². The first kappa shape index (κ1) is 29.8. The van der Waals surface area contributed by atoms with Gasteiger partial charge in [0.2, 0.25) is 0 Å². The molecule has 0 heterocycles. The van der Waals surface area contributed by atoms with Crippen molar-refractivity contribution in [3.63, 3.8) is 0 Å². The van der Waals surface area contributed by atoms with Crippen LogP contribution in [0.3, 0.4) is 0 Å². The zero-order valence-corrected chi connectivity index (χ0v) is 22.1. The third-order valence-corrected chi connectivity index (χ3v) is 5.76. The second kappa shape index (κ2) is 13.3. The molecule has 7 heteroatoms. The first-order valence-corrected chi connectivity index (χ1v) is 12.5. The molecule has 6 aromatic rings. The van der Waals surface area contributed by atoms with Gasteiger partial charge in [0.1, 0.15) is 29.0 Å². The maximum Gasteiger partial charge on any atom is 0.175 e. The summed E-state index contributed by atoms with van der Waals surface area (Å²) in [4.78, 5) is 0. The van der Waals surface area contributed by atoms with Gasteiger partial charge < -0.3 is 15.3 Å². The number of phenolic OH excluding ortho intramolecular Hbond substituents is 3. The van der Waals surface area contributed by atoms with Crippen molar-refractivity contribution in [3.8, 4) is 17.2 Å². The highest BCUT2D eigenvalue weighted by atomic mass is 19.1. The molecule has 0 radical (unpaired) electrons. The van der Waals surface area contributed by atoms with Crippen molar-refractivity contribution in [2.75, 3.05) is 0 Å². The van der Waals surface area contributed by atoms with Crippen LogP contribution in [0.5, 0.6) is 17.2 Å². The van der Waals surface area contributed by atoms with Gasteiger partial charge in [0.25, 0.3) is 0 Å². The number of benzene rings is 6. The van der Waals surface area contributed by atoms with Gasteiger partial charge in [-0.3, -0.25) is 0 Å². The van der Waals surface area contributed by atoms with Crippen LogP contribution in [0.25, 0.3) is 32.3 Å². The van der Waals surface area contributed by atoms with E-state index in [1.165, 1.54) is 42.5 Å². The molecule has 0 atom stereocenters. The first-order chi connectivity index (χ1) is 19.1. The Kier molecular flexibility index (Phi) is 9.92. The Labute approximate surface area is 229 Å². The Morgan fingerprint density at radius 2 is 0.975 bits per heavy atom. The number of rotatable bonds is 0. The summed E-state index contributed by atoms with van der Waals surface area (Å²) in [5.41, 5.74) is 0.722. The zero-order chi connectivity index (χ0) is 29.4. The highest BCUT2D eigenvalue weighted by Crippen LogP contribution is 2.28. The van der Waals surface area contributed by atoms with E-state index in [2.05, 4.69) is 0 Å². The van der Waals surface area contributed by atoms with Crippen LogP contribution in [0.15, 0.2) is 97.1 Å². The minimum absolute atomic E-state index is 0.0904. The number of aromatic hydroxyl groups is 3. The van der Waals surface area contributed by atoms with E-state index in [0.717, 1.165) is 16.3 Å². The number of aryl methyl sites for hydroxylation is 1. The van der Waals surface area contributed by atoms with Crippen molar-refractivity contribution in [3.05, 3.63) is 126 Å². The molecular formula is C33H28F4O3. The van der Waals surface area contributed by atoms with E-state index < -0.39 is 17.4 Å². The van der Waals surface area contributed by atoms with Crippen LogP contribution in [-0.2, 0) is 0 Å². The highest BCUT2D eigenvalue weighted by Gasteiger charge is 2.11. The molecule has 0 saturated carbocycles. The molecule has 6 aromatic carbocycles. The summed E-state index contributed by atoms with van der Waals surface area (Å²) in [5, 5.41) is 30.1.